The third-order valence-electron chi connectivity index (χ3n) is 6.07. The molecule has 0 saturated heterocycles. The average molecular weight is 470 g/mol. The smallest absolute Gasteiger partial charge is 0.323 e. The van der Waals surface area contributed by atoms with Gasteiger partial charge in [-0.1, -0.05) is 25.1 Å². The molecule has 0 aliphatic carbocycles. The number of aliphatic carboxylic acids is 1. The van der Waals surface area contributed by atoms with Gasteiger partial charge in [0.15, 0.2) is 11.5 Å². The zero-order valence-corrected chi connectivity index (χ0v) is 19.2. The molecule has 1 aliphatic heterocycles. The Balaban J connectivity index is 1.76. The molecule has 0 atom stereocenters. The van der Waals surface area contributed by atoms with Crippen LogP contribution in [0.4, 0.5) is 5.82 Å². The van der Waals surface area contributed by atoms with Gasteiger partial charge in [-0.2, -0.15) is 5.26 Å². The highest BCUT2D eigenvalue weighted by atomic mass is 16.7. The second-order valence-corrected chi connectivity index (χ2v) is 8.07. The number of carboxylic acids is 1. The monoisotopic (exact) mass is 470 g/mol. The first-order chi connectivity index (χ1) is 16.9. The van der Waals surface area contributed by atoms with Crippen LogP contribution in [0.15, 0.2) is 42.6 Å². The third-order valence-corrected chi connectivity index (χ3v) is 6.07. The van der Waals surface area contributed by atoms with E-state index in [0.29, 0.717) is 34.1 Å². The predicted octanol–water partition coefficient (Wildman–Crippen LogP) is 4.21. The van der Waals surface area contributed by atoms with E-state index in [2.05, 4.69) is 11.1 Å². The van der Waals surface area contributed by atoms with Crippen LogP contribution in [0.2, 0.25) is 0 Å². The van der Waals surface area contributed by atoms with Gasteiger partial charge in [-0.05, 0) is 35.7 Å². The molecule has 0 bridgehead atoms. The van der Waals surface area contributed by atoms with Crippen molar-refractivity contribution in [2.75, 3.05) is 19.6 Å². The number of aryl methyl sites for hydroxylation is 1. The number of ether oxygens (including phenoxy) is 3. The first-order valence-electron chi connectivity index (χ1n) is 11.0. The number of nitrogens with zero attached hydrogens (tertiary/aromatic N) is 3. The average Bonchev–Trinajstić information content (AvgIpc) is 3.47. The van der Waals surface area contributed by atoms with E-state index < -0.39 is 5.97 Å². The Bertz CT molecular complexity index is 1530. The fourth-order valence-corrected chi connectivity index (χ4v) is 4.53. The highest BCUT2D eigenvalue weighted by molar-refractivity contribution is 5.98. The van der Waals surface area contributed by atoms with E-state index in [1.807, 2.05) is 25.1 Å². The van der Waals surface area contributed by atoms with Gasteiger partial charge in [0, 0.05) is 22.7 Å². The van der Waals surface area contributed by atoms with Crippen LogP contribution >= 0.6 is 0 Å². The van der Waals surface area contributed by atoms with Crippen molar-refractivity contribution in [1.82, 2.24) is 9.55 Å². The summed E-state index contributed by atoms with van der Waals surface area (Å²) < 4.78 is 18.2. The number of hydrogen-bond donors (Lipinski definition) is 2. The second kappa shape index (κ2) is 8.57. The standard InChI is InChI=1S/C26H22N4O5/c1-3-14-5-4-6-16-19(11-30(24(14)16)12-23(31)32)20-9-17(18(10-27)26(28)29-20)15-7-21(33-2)25-22(8-15)34-13-35-25/h4-9,11H,3,12-13H2,1-2H3,(H2,28,29)(H,31,32). The fraction of sp³-hybridized carbons (Fsp3) is 0.192. The molecular formula is C26H22N4O5. The lowest BCUT2D eigenvalue weighted by Gasteiger charge is -2.12. The van der Waals surface area contributed by atoms with Crippen LogP contribution in [0, 0.1) is 11.3 Å². The summed E-state index contributed by atoms with van der Waals surface area (Å²) >= 11 is 0. The molecule has 1 aliphatic rings. The van der Waals surface area contributed by atoms with E-state index in [4.69, 9.17) is 19.9 Å². The van der Waals surface area contributed by atoms with Crippen molar-refractivity contribution >= 4 is 22.7 Å². The maximum atomic E-state index is 11.6. The van der Waals surface area contributed by atoms with Crippen LogP contribution in [0.1, 0.15) is 18.1 Å². The van der Waals surface area contributed by atoms with Crippen molar-refractivity contribution < 1.29 is 24.1 Å². The van der Waals surface area contributed by atoms with Crippen LogP contribution < -0.4 is 19.9 Å². The molecule has 176 valence electrons. The van der Waals surface area contributed by atoms with Crippen LogP contribution in [0.25, 0.3) is 33.3 Å². The van der Waals surface area contributed by atoms with Gasteiger partial charge < -0.3 is 29.6 Å². The normalized spacial score (nSPS) is 12.0. The molecule has 0 spiro atoms. The van der Waals surface area contributed by atoms with Gasteiger partial charge in [0.05, 0.1) is 18.3 Å². The Hall–Kier alpha value is -4.71. The number of nitrogen functional groups attached to an aromatic ring is 1. The van der Waals surface area contributed by atoms with Gasteiger partial charge in [-0.15, -0.1) is 0 Å². The Kier molecular flexibility index (Phi) is 5.41. The molecule has 0 radical (unpaired) electrons. The predicted molar refractivity (Wildman–Crippen MR) is 129 cm³/mol. The molecule has 0 unspecified atom stereocenters. The lowest BCUT2D eigenvalue weighted by Crippen LogP contribution is -2.08. The van der Waals surface area contributed by atoms with E-state index in [1.165, 1.54) is 7.11 Å². The number of carboxylic acid groups (broad SMARTS) is 1. The molecule has 0 saturated carbocycles. The molecule has 5 rings (SSSR count). The molecule has 4 aromatic rings. The topological polar surface area (TPSA) is 133 Å². The summed E-state index contributed by atoms with van der Waals surface area (Å²) in [5.74, 6) is 0.607. The van der Waals surface area contributed by atoms with Crippen molar-refractivity contribution in [3.8, 4) is 45.7 Å². The van der Waals surface area contributed by atoms with Crippen LogP contribution in [0.3, 0.4) is 0 Å². The van der Waals surface area contributed by atoms with Crippen molar-refractivity contribution in [3.05, 3.63) is 53.7 Å². The highest BCUT2D eigenvalue weighted by Crippen LogP contribution is 2.45. The number of methoxy groups -OCH3 is 1. The van der Waals surface area contributed by atoms with E-state index in [-0.39, 0.29) is 24.7 Å². The van der Waals surface area contributed by atoms with Gasteiger partial charge in [-0.25, -0.2) is 4.98 Å². The molecule has 0 fully saturated rings. The number of anilines is 1. The highest BCUT2D eigenvalue weighted by Gasteiger charge is 2.24. The summed E-state index contributed by atoms with van der Waals surface area (Å²) in [4.78, 5) is 16.1. The summed E-state index contributed by atoms with van der Waals surface area (Å²) in [6.45, 7) is 1.91. The fourth-order valence-electron chi connectivity index (χ4n) is 4.53. The Morgan fingerprint density at radius 2 is 2.11 bits per heavy atom. The minimum atomic E-state index is -0.945. The number of para-hydroxylation sites is 1. The quantitative estimate of drug-likeness (QED) is 0.428. The maximum Gasteiger partial charge on any atom is 0.323 e. The van der Waals surface area contributed by atoms with E-state index in [9.17, 15) is 15.2 Å². The van der Waals surface area contributed by atoms with Gasteiger partial charge in [-0.3, -0.25) is 4.79 Å². The largest absolute Gasteiger partial charge is 0.493 e. The Labute approximate surface area is 200 Å². The van der Waals surface area contributed by atoms with Gasteiger partial charge in [0.25, 0.3) is 0 Å². The van der Waals surface area contributed by atoms with Crippen molar-refractivity contribution in [1.29, 1.82) is 5.26 Å². The van der Waals surface area contributed by atoms with Crippen LogP contribution in [-0.2, 0) is 17.8 Å². The molecule has 2 aromatic carbocycles. The van der Waals surface area contributed by atoms with Gasteiger partial charge >= 0.3 is 5.97 Å². The molecule has 9 nitrogen and oxygen atoms in total. The zero-order chi connectivity index (χ0) is 24.7. The second-order valence-electron chi connectivity index (χ2n) is 8.07. The Morgan fingerprint density at radius 1 is 1.29 bits per heavy atom. The molecule has 9 heteroatoms. The number of nitriles is 1. The molecule has 35 heavy (non-hydrogen) atoms. The number of pyridine rings is 1. The molecule has 0 amide bonds. The zero-order valence-electron chi connectivity index (χ0n) is 19.2. The van der Waals surface area contributed by atoms with Crippen LogP contribution in [0.5, 0.6) is 17.2 Å². The minimum absolute atomic E-state index is 0.0717. The summed E-state index contributed by atoms with van der Waals surface area (Å²) in [6.07, 6.45) is 2.52. The number of carbonyl (C=O) groups is 1. The lowest BCUT2D eigenvalue weighted by atomic mass is 9.97. The molecule has 2 aromatic heterocycles. The molecule has 3 N–H and O–H groups in total. The first kappa shape index (κ1) is 22.1. The number of rotatable bonds is 6. The SMILES string of the molecule is CCc1cccc2c(-c3cc(-c4cc(OC)c5c(c4)OCO5)c(C#N)c(N)n3)cn(CC(=O)O)c12. The van der Waals surface area contributed by atoms with E-state index >= 15 is 0 Å². The summed E-state index contributed by atoms with van der Waals surface area (Å²) in [5.41, 5.74) is 10.8. The van der Waals surface area contributed by atoms with E-state index in [1.54, 1.807) is 29.0 Å². The number of hydrogen-bond acceptors (Lipinski definition) is 7. The van der Waals surface area contributed by atoms with E-state index in [0.717, 1.165) is 28.5 Å². The summed E-state index contributed by atoms with van der Waals surface area (Å²) in [7, 11) is 1.53. The van der Waals surface area contributed by atoms with Gasteiger partial charge in [0.1, 0.15) is 24.0 Å². The van der Waals surface area contributed by atoms with Gasteiger partial charge in [0.2, 0.25) is 12.5 Å². The maximum absolute atomic E-state index is 11.6. The van der Waals surface area contributed by atoms with Crippen LogP contribution in [-0.4, -0.2) is 34.5 Å². The van der Waals surface area contributed by atoms with Crippen molar-refractivity contribution in [2.45, 2.75) is 19.9 Å². The number of aromatic nitrogens is 2. The minimum Gasteiger partial charge on any atom is -0.493 e. The first-order valence-corrected chi connectivity index (χ1v) is 11.0. The summed E-state index contributed by atoms with van der Waals surface area (Å²) in [6, 6.07) is 13.3. The van der Waals surface area contributed by atoms with Crippen molar-refractivity contribution in [3.63, 3.8) is 0 Å². The number of benzene rings is 2. The Morgan fingerprint density at radius 3 is 2.83 bits per heavy atom. The number of nitrogens with two attached hydrogens (primary N) is 1. The third kappa shape index (κ3) is 3.65. The lowest BCUT2D eigenvalue weighted by molar-refractivity contribution is -0.137. The summed E-state index contributed by atoms with van der Waals surface area (Å²) in [5, 5.41) is 20.2. The molecule has 3 heterocycles. The molecular weight excluding hydrogens is 448 g/mol. The number of fused-ring (bicyclic) bond motifs is 2. The van der Waals surface area contributed by atoms with Crippen molar-refractivity contribution in [2.24, 2.45) is 0 Å².